The fourth-order valence-corrected chi connectivity index (χ4v) is 3.27. The first kappa shape index (κ1) is 14.2. The Labute approximate surface area is 127 Å². The minimum Gasteiger partial charge on any atom is -0.309 e. The number of carbonyl (C=O) groups is 1. The van der Waals surface area contributed by atoms with Gasteiger partial charge in [0, 0.05) is 44.2 Å². The molecule has 0 aliphatic carbocycles. The molecule has 3 rings (SSSR count). The average molecular weight is 305 g/mol. The summed E-state index contributed by atoms with van der Waals surface area (Å²) in [7, 11) is 0. The van der Waals surface area contributed by atoms with Gasteiger partial charge < -0.3 is 5.32 Å². The zero-order valence-electron chi connectivity index (χ0n) is 12.2. The SMILES string of the molecule is CC(=O)Nc1ccn([C@H]2CCN(Cc3csc(C)n3)C2)n1. The van der Waals surface area contributed by atoms with Gasteiger partial charge in [-0.2, -0.15) is 5.10 Å². The minimum absolute atomic E-state index is 0.0906. The van der Waals surface area contributed by atoms with E-state index in [-0.39, 0.29) is 5.91 Å². The molecule has 0 unspecified atom stereocenters. The van der Waals surface area contributed by atoms with Crippen molar-refractivity contribution in [1.82, 2.24) is 19.7 Å². The number of likely N-dealkylation sites (tertiary alicyclic amines) is 1. The Morgan fingerprint density at radius 2 is 2.43 bits per heavy atom. The van der Waals surface area contributed by atoms with Crippen LogP contribution in [0.5, 0.6) is 0 Å². The number of nitrogens with zero attached hydrogens (tertiary/aromatic N) is 4. The van der Waals surface area contributed by atoms with E-state index in [1.54, 1.807) is 11.3 Å². The molecule has 1 amide bonds. The van der Waals surface area contributed by atoms with Crippen molar-refractivity contribution in [3.63, 3.8) is 0 Å². The zero-order chi connectivity index (χ0) is 14.8. The Bertz CT molecular complexity index is 635. The molecule has 3 heterocycles. The van der Waals surface area contributed by atoms with Crippen LogP contribution in [0.3, 0.4) is 0 Å². The predicted molar refractivity (Wildman–Crippen MR) is 82.3 cm³/mol. The van der Waals surface area contributed by atoms with Crippen LogP contribution >= 0.6 is 11.3 Å². The standard InChI is InChI=1S/C14H19N5OS/c1-10(20)15-14-4-6-19(17-14)13-3-5-18(8-13)7-12-9-21-11(2)16-12/h4,6,9,13H,3,5,7-8H2,1-2H3,(H,15,17,20)/t13-/m0/s1. The van der Waals surface area contributed by atoms with Crippen LogP contribution in [0.1, 0.15) is 30.1 Å². The van der Waals surface area contributed by atoms with Gasteiger partial charge >= 0.3 is 0 Å². The quantitative estimate of drug-likeness (QED) is 0.939. The summed E-state index contributed by atoms with van der Waals surface area (Å²) in [6.07, 6.45) is 3.01. The fraction of sp³-hybridized carbons (Fsp3) is 0.500. The number of aryl methyl sites for hydroxylation is 1. The molecule has 6 nitrogen and oxygen atoms in total. The molecule has 0 saturated carbocycles. The molecule has 1 atom stereocenters. The maximum Gasteiger partial charge on any atom is 0.222 e. The number of anilines is 1. The van der Waals surface area contributed by atoms with E-state index in [0.29, 0.717) is 11.9 Å². The topological polar surface area (TPSA) is 63.1 Å². The highest BCUT2D eigenvalue weighted by Gasteiger charge is 2.25. The highest BCUT2D eigenvalue weighted by molar-refractivity contribution is 7.09. The lowest BCUT2D eigenvalue weighted by Gasteiger charge is -2.14. The first-order valence-electron chi connectivity index (χ1n) is 7.06. The minimum atomic E-state index is -0.0906. The van der Waals surface area contributed by atoms with Crippen LogP contribution in [0.4, 0.5) is 5.82 Å². The maximum absolute atomic E-state index is 11.0. The van der Waals surface area contributed by atoms with E-state index in [0.717, 1.165) is 36.8 Å². The van der Waals surface area contributed by atoms with Crippen LogP contribution in [-0.2, 0) is 11.3 Å². The van der Waals surface area contributed by atoms with Gasteiger partial charge in [-0.15, -0.1) is 11.3 Å². The fourth-order valence-electron chi connectivity index (χ4n) is 2.67. The van der Waals surface area contributed by atoms with Crippen LogP contribution in [0.25, 0.3) is 0 Å². The first-order valence-corrected chi connectivity index (χ1v) is 7.94. The first-order chi connectivity index (χ1) is 10.1. The number of nitrogens with one attached hydrogen (secondary N) is 1. The molecule has 1 aliphatic rings. The molecular weight excluding hydrogens is 286 g/mol. The van der Waals surface area contributed by atoms with Gasteiger partial charge in [0.15, 0.2) is 5.82 Å². The van der Waals surface area contributed by atoms with Crippen LogP contribution in [0.2, 0.25) is 0 Å². The van der Waals surface area contributed by atoms with Crippen LogP contribution in [0.15, 0.2) is 17.6 Å². The summed E-state index contributed by atoms with van der Waals surface area (Å²) >= 11 is 1.70. The number of hydrogen-bond acceptors (Lipinski definition) is 5. The number of rotatable bonds is 4. The molecular formula is C14H19N5OS. The van der Waals surface area contributed by atoms with Gasteiger partial charge in [-0.1, -0.05) is 0 Å². The molecule has 0 bridgehead atoms. The number of aromatic nitrogens is 3. The average Bonchev–Trinajstić information content (AvgIpc) is 3.11. The van der Waals surface area contributed by atoms with Gasteiger partial charge in [0.2, 0.25) is 5.91 Å². The van der Waals surface area contributed by atoms with Gasteiger partial charge in [-0.25, -0.2) is 4.98 Å². The van der Waals surface area contributed by atoms with Crippen molar-refractivity contribution in [2.45, 2.75) is 32.9 Å². The van der Waals surface area contributed by atoms with Gasteiger partial charge in [0.05, 0.1) is 16.7 Å². The number of carbonyl (C=O) groups excluding carboxylic acids is 1. The lowest BCUT2D eigenvalue weighted by atomic mass is 10.3. The Hall–Kier alpha value is -1.73. The van der Waals surface area contributed by atoms with Crippen molar-refractivity contribution in [3.8, 4) is 0 Å². The summed E-state index contributed by atoms with van der Waals surface area (Å²) in [6, 6.07) is 2.21. The van der Waals surface area contributed by atoms with E-state index in [9.17, 15) is 4.79 Å². The van der Waals surface area contributed by atoms with E-state index in [1.165, 1.54) is 6.92 Å². The molecule has 1 saturated heterocycles. The molecule has 2 aromatic heterocycles. The molecule has 7 heteroatoms. The summed E-state index contributed by atoms with van der Waals surface area (Å²) < 4.78 is 1.96. The third kappa shape index (κ3) is 3.48. The van der Waals surface area contributed by atoms with Crippen molar-refractivity contribution in [3.05, 3.63) is 28.3 Å². The van der Waals surface area contributed by atoms with E-state index in [4.69, 9.17) is 0 Å². The molecule has 112 valence electrons. The van der Waals surface area contributed by atoms with E-state index < -0.39 is 0 Å². The van der Waals surface area contributed by atoms with E-state index in [1.807, 2.05) is 23.9 Å². The van der Waals surface area contributed by atoms with Crippen molar-refractivity contribution in [2.75, 3.05) is 18.4 Å². The second-order valence-corrected chi connectivity index (χ2v) is 6.46. The summed E-state index contributed by atoms with van der Waals surface area (Å²) in [4.78, 5) is 17.9. The third-order valence-corrected chi connectivity index (χ3v) is 4.41. The summed E-state index contributed by atoms with van der Waals surface area (Å²) in [6.45, 7) is 6.45. The van der Waals surface area contributed by atoms with Crippen LogP contribution < -0.4 is 5.32 Å². The van der Waals surface area contributed by atoms with Gasteiger partial charge in [-0.05, 0) is 13.3 Å². The molecule has 1 N–H and O–H groups in total. The predicted octanol–water partition coefficient (Wildman–Crippen LogP) is 2.05. The van der Waals surface area contributed by atoms with Gasteiger partial charge in [-0.3, -0.25) is 14.4 Å². The molecule has 0 spiro atoms. The van der Waals surface area contributed by atoms with Crippen molar-refractivity contribution < 1.29 is 4.79 Å². The second-order valence-electron chi connectivity index (χ2n) is 5.40. The normalized spacial score (nSPS) is 19.0. The zero-order valence-corrected chi connectivity index (χ0v) is 13.1. The van der Waals surface area contributed by atoms with Gasteiger partial charge in [0.25, 0.3) is 0 Å². The monoisotopic (exact) mass is 305 g/mol. The number of amides is 1. The highest BCUT2D eigenvalue weighted by Crippen LogP contribution is 2.23. The Morgan fingerprint density at radius 3 is 3.14 bits per heavy atom. The second kappa shape index (κ2) is 5.95. The maximum atomic E-state index is 11.0. The lowest BCUT2D eigenvalue weighted by Crippen LogP contribution is -2.21. The lowest BCUT2D eigenvalue weighted by molar-refractivity contribution is -0.114. The van der Waals surface area contributed by atoms with Crippen molar-refractivity contribution in [2.24, 2.45) is 0 Å². The number of hydrogen-bond donors (Lipinski definition) is 1. The number of thiazole rings is 1. The molecule has 1 aliphatic heterocycles. The van der Waals surface area contributed by atoms with Gasteiger partial charge in [0.1, 0.15) is 0 Å². The molecule has 0 radical (unpaired) electrons. The molecule has 0 aromatic carbocycles. The summed E-state index contributed by atoms with van der Waals surface area (Å²) in [5.41, 5.74) is 1.15. The Balaban J connectivity index is 1.58. The molecule has 2 aromatic rings. The smallest absolute Gasteiger partial charge is 0.222 e. The largest absolute Gasteiger partial charge is 0.309 e. The third-order valence-electron chi connectivity index (χ3n) is 3.59. The summed E-state index contributed by atoms with van der Waals surface area (Å²) in [5, 5.41) is 10.4. The van der Waals surface area contributed by atoms with Crippen LogP contribution in [-0.4, -0.2) is 38.7 Å². The van der Waals surface area contributed by atoms with Crippen LogP contribution in [0, 0.1) is 6.92 Å². The highest BCUT2D eigenvalue weighted by atomic mass is 32.1. The Morgan fingerprint density at radius 1 is 1.57 bits per heavy atom. The van der Waals surface area contributed by atoms with Crippen molar-refractivity contribution in [1.29, 1.82) is 0 Å². The summed E-state index contributed by atoms with van der Waals surface area (Å²) in [5.74, 6) is 0.531. The molecule has 21 heavy (non-hydrogen) atoms. The van der Waals surface area contributed by atoms with E-state index in [2.05, 4.69) is 25.7 Å². The van der Waals surface area contributed by atoms with E-state index >= 15 is 0 Å². The molecule has 1 fully saturated rings. The van der Waals surface area contributed by atoms with Crippen molar-refractivity contribution >= 4 is 23.1 Å². The Kier molecular flexibility index (Phi) is 4.03.